The van der Waals surface area contributed by atoms with Gasteiger partial charge < -0.3 is 21.5 Å². The summed E-state index contributed by atoms with van der Waals surface area (Å²) in [6.45, 7) is 14.2. The number of non-ortho nitro benzene ring substituents is 2. The molecule has 0 aliphatic carbocycles. The van der Waals surface area contributed by atoms with Gasteiger partial charge in [-0.1, -0.05) is 38.1 Å². The van der Waals surface area contributed by atoms with E-state index in [2.05, 4.69) is 27.7 Å². The third-order valence-electron chi connectivity index (χ3n) is 7.00. The molecule has 2 aromatic rings. The molecule has 0 saturated carbocycles. The lowest BCUT2D eigenvalue weighted by Crippen LogP contribution is -3.00. The van der Waals surface area contributed by atoms with Crippen molar-refractivity contribution in [1.82, 2.24) is 0 Å². The number of quaternary nitrogens is 1. The zero-order chi connectivity index (χ0) is 28.6. The molecule has 2 aromatic carbocycles. The first-order valence-corrected chi connectivity index (χ1v) is 13.9. The predicted molar refractivity (Wildman–Crippen MR) is 153 cm³/mol. The predicted octanol–water partition coefficient (Wildman–Crippen LogP) is 4.51. The van der Waals surface area contributed by atoms with Gasteiger partial charge >= 0.3 is 0 Å². The summed E-state index contributed by atoms with van der Waals surface area (Å²) in [6.07, 6.45) is 6.38. The van der Waals surface area contributed by atoms with Crippen LogP contribution in [0.25, 0.3) is 0 Å². The highest BCUT2D eigenvalue weighted by Gasteiger charge is 2.22. The van der Waals surface area contributed by atoms with Crippen LogP contribution in [-0.4, -0.2) is 45.8 Å². The topological polar surface area (TPSA) is 103 Å². The van der Waals surface area contributed by atoms with Crippen LogP contribution in [0.2, 0.25) is 0 Å². The lowest BCUT2D eigenvalue weighted by atomic mass is 10.1. The highest BCUT2D eigenvalue weighted by Crippen LogP contribution is 2.17. The average Bonchev–Trinajstić information content (AvgIpc) is 2.89. The van der Waals surface area contributed by atoms with Crippen molar-refractivity contribution >= 4 is 28.2 Å². The minimum atomic E-state index is -0.438. The van der Waals surface area contributed by atoms with Crippen molar-refractivity contribution < 1.29 is 36.1 Å². The van der Waals surface area contributed by atoms with Crippen LogP contribution in [0.1, 0.15) is 70.9 Å². The fourth-order valence-corrected chi connectivity index (χ4v) is 4.41. The van der Waals surface area contributed by atoms with Crippen molar-refractivity contribution in [3.05, 3.63) is 79.9 Å². The quantitative estimate of drug-likeness (QED) is 0.0895. The Morgan fingerprint density at radius 2 is 1.23 bits per heavy atom. The van der Waals surface area contributed by atoms with Crippen LogP contribution in [0.3, 0.4) is 0 Å². The number of nitro groups is 2. The lowest BCUT2D eigenvalue weighted by molar-refractivity contribution is -0.925. The van der Waals surface area contributed by atoms with Gasteiger partial charge in [-0.3, -0.25) is 25.0 Å². The summed E-state index contributed by atoms with van der Waals surface area (Å²) in [6, 6.07) is 13.3. The second-order valence-electron chi connectivity index (χ2n) is 10.1. The Hall–Kier alpha value is -2.36. The first-order chi connectivity index (χ1) is 18.0. The molecule has 39 heavy (non-hydrogen) atoms. The number of hydrogen-bond donors (Lipinski definition) is 0. The van der Waals surface area contributed by atoms with Gasteiger partial charge in [0.15, 0.2) is 0 Å². The van der Waals surface area contributed by atoms with Gasteiger partial charge in [0.2, 0.25) is 5.24 Å². The van der Waals surface area contributed by atoms with Crippen LogP contribution in [0, 0.1) is 26.1 Å². The van der Waals surface area contributed by atoms with Crippen LogP contribution in [0.15, 0.2) is 48.5 Å². The minimum Gasteiger partial charge on any atom is -1.00 e. The number of carbonyl (C=O) groups is 1. The summed E-state index contributed by atoms with van der Waals surface area (Å²) in [5, 5.41) is 20.7. The molecule has 0 amide bonds. The molecular weight excluding hydrogens is 586 g/mol. The summed E-state index contributed by atoms with van der Waals surface area (Å²) in [5.74, 6) is 0.769. The van der Waals surface area contributed by atoms with Gasteiger partial charge in [0.1, 0.15) is 0 Å². The fraction of sp³-hybridized carbons (Fsp3) is 0.552. The number of benzene rings is 2. The molecule has 0 heterocycles. The second kappa shape index (κ2) is 19.7. The van der Waals surface area contributed by atoms with E-state index in [1.54, 1.807) is 24.3 Å². The molecule has 0 radical (unpaired) electrons. The second-order valence-corrected chi connectivity index (χ2v) is 10.5. The molecule has 10 heteroatoms. The monoisotopic (exact) mass is 627 g/mol. The van der Waals surface area contributed by atoms with Crippen LogP contribution < -0.4 is 17.0 Å². The maximum Gasteiger partial charge on any atom is 0.269 e. The summed E-state index contributed by atoms with van der Waals surface area (Å²) >= 11 is 5.18. The smallest absolute Gasteiger partial charge is 0.269 e. The Morgan fingerprint density at radius 1 is 0.795 bits per heavy atom. The van der Waals surface area contributed by atoms with Crippen molar-refractivity contribution in [3.8, 4) is 0 Å². The molecule has 0 N–H and O–H groups in total. The number of nitrogens with zero attached hydrogens (tertiary/aromatic N) is 3. The van der Waals surface area contributed by atoms with Gasteiger partial charge in [-0.2, -0.15) is 0 Å². The molecular formula is C29H43BrClN3O5. The Bertz CT molecular complexity index is 997. The van der Waals surface area contributed by atoms with E-state index >= 15 is 0 Å². The van der Waals surface area contributed by atoms with Crippen molar-refractivity contribution in [2.75, 3.05) is 26.2 Å². The van der Waals surface area contributed by atoms with E-state index in [0.29, 0.717) is 19.3 Å². The molecule has 0 saturated heterocycles. The van der Waals surface area contributed by atoms with Gasteiger partial charge in [-0.05, 0) is 81.0 Å². The molecule has 0 bridgehead atoms. The molecule has 0 aromatic heterocycles. The Balaban J connectivity index is 0.000000784. The normalized spacial score (nSPS) is 10.8. The summed E-state index contributed by atoms with van der Waals surface area (Å²) in [4.78, 5) is 30.7. The molecule has 0 unspecified atom stereocenters. The maximum absolute atomic E-state index is 10.7. The lowest BCUT2D eigenvalue weighted by Gasteiger charge is -2.37. The van der Waals surface area contributed by atoms with Crippen molar-refractivity contribution in [2.24, 2.45) is 5.92 Å². The van der Waals surface area contributed by atoms with Crippen LogP contribution in [0.5, 0.6) is 0 Å². The summed E-state index contributed by atoms with van der Waals surface area (Å²) in [7, 11) is 0. The molecule has 218 valence electrons. The number of nitro benzene ring substituents is 2. The van der Waals surface area contributed by atoms with E-state index in [1.165, 1.54) is 61.2 Å². The number of aryl methyl sites for hydroxylation is 2. The average molecular weight is 629 g/mol. The van der Waals surface area contributed by atoms with E-state index < -0.39 is 4.92 Å². The third-order valence-corrected chi connectivity index (χ3v) is 7.19. The summed E-state index contributed by atoms with van der Waals surface area (Å²) < 4.78 is 1.22. The van der Waals surface area contributed by atoms with Crippen molar-refractivity contribution in [3.63, 3.8) is 0 Å². The number of rotatable bonds is 16. The third kappa shape index (κ3) is 15.1. The first-order valence-electron chi connectivity index (χ1n) is 13.5. The van der Waals surface area contributed by atoms with Gasteiger partial charge in [0.25, 0.3) is 11.4 Å². The largest absolute Gasteiger partial charge is 1.00 e. The Labute approximate surface area is 248 Å². The molecule has 0 fully saturated rings. The zero-order valence-corrected chi connectivity index (χ0v) is 26.0. The van der Waals surface area contributed by atoms with Crippen LogP contribution in [-0.2, 0) is 17.6 Å². The van der Waals surface area contributed by atoms with E-state index in [0.717, 1.165) is 24.3 Å². The highest BCUT2D eigenvalue weighted by atomic mass is 79.9. The van der Waals surface area contributed by atoms with Gasteiger partial charge in [0, 0.05) is 30.7 Å². The Kier molecular flexibility index (Phi) is 18.5. The van der Waals surface area contributed by atoms with Crippen LogP contribution in [0.4, 0.5) is 11.4 Å². The van der Waals surface area contributed by atoms with Gasteiger partial charge in [-0.15, -0.1) is 0 Å². The molecule has 0 aliphatic heterocycles. The highest BCUT2D eigenvalue weighted by molar-refractivity contribution is 6.63. The van der Waals surface area contributed by atoms with E-state index in [-0.39, 0.29) is 38.5 Å². The molecule has 0 atom stereocenters. The fourth-order valence-electron chi connectivity index (χ4n) is 4.28. The molecule has 0 aliphatic rings. The molecule has 8 nitrogen and oxygen atoms in total. The number of hydrogen-bond acceptors (Lipinski definition) is 5. The standard InChI is InChI=1S/C19H33N2O2.C10H10ClNO3.BrH/c1-5-21(6-2,16-14-17(3)4)15-8-7-9-18-10-12-19(13-11-18)20(22)23;11-10(13)3-1-2-8-4-6-9(7-5-8)12(14)15;/h10-13,17H,5-9,14-16H2,1-4H3;4-7H,1-3H2;1H/q+1;;/p-1. The first kappa shape index (κ1) is 36.6. The van der Waals surface area contributed by atoms with Crippen LogP contribution >= 0.6 is 11.6 Å². The van der Waals surface area contributed by atoms with Gasteiger partial charge in [0.05, 0.1) is 36.0 Å². The van der Waals surface area contributed by atoms with Gasteiger partial charge in [-0.25, -0.2) is 0 Å². The SMILES string of the molecule is CC[N+](CC)(CCCCc1ccc([N+](=O)[O-])cc1)CCC(C)C.O=C(Cl)CCCc1ccc([N+](=O)[O-])cc1.[Br-]. The van der Waals surface area contributed by atoms with Crippen molar-refractivity contribution in [2.45, 2.75) is 72.6 Å². The van der Waals surface area contributed by atoms with E-state index in [1.807, 2.05) is 12.1 Å². The number of halogens is 2. The van der Waals surface area contributed by atoms with E-state index in [9.17, 15) is 25.0 Å². The van der Waals surface area contributed by atoms with E-state index in [4.69, 9.17) is 11.6 Å². The van der Waals surface area contributed by atoms with Crippen molar-refractivity contribution in [1.29, 1.82) is 0 Å². The minimum absolute atomic E-state index is 0. The Morgan fingerprint density at radius 3 is 1.59 bits per heavy atom. The maximum atomic E-state index is 10.7. The number of unbranched alkanes of at least 4 members (excludes halogenated alkanes) is 1. The summed E-state index contributed by atoms with van der Waals surface area (Å²) in [5.41, 5.74) is 2.42. The molecule has 2 rings (SSSR count). The zero-order valence-electron chi connectivity index (χ0n) is 23.6. The molecule has 0 spiro atoms. The number of carbonyl (C=O) groups excluding carboxylic acids is 1.